The molecule has 49 heavy (non-hydrogen) atoms. The number of para-hydroxylation sites is 1. The van der Waals surface area contributed by atoms with Crippen LogP contribution >= 0.6 is 0 Å². The molecule has 0 saturated carbocycles. The van der Waals surface area contributed by atoms with E-state index in [1.165, 1.54) is 48.8 Å². The molecule has 0 saturated heterocycles. The Balaban J connectivity index is 1.31. The Morgan fingerprint density at radius 2 is 1.51 bits per heavy atom. The summed E-state index contributed by atoms with van der Waals surface area (Å²) in [7, 11) is -4.20. The van der Waals surface area contributed by atoms with Crippen LogP contribution in [0.1, 0.15) is 32.1 Å². The van der Waals surface area contributed by atoms with E-state index in [2.05, 4.69) is 20.6 Å². The summed E-state index contributed by atoms with van der Waals surface area (Å²) in [6.07, 6.45) is 2.39. The van der Waals surface area contributed by atoms with Gasteiger partial charge in [0.2, 0.25) is 5.91 Å². The van der Waals surface area contributed by atoms with Crippen molar-refractivity contribution in [1.29, 1.82) is 0 Å². The van der Waals surface area contributed by atoms with Gasteiger partial charge in [0, 0.05) is 36.1 Å². The van der Waals surface area contributed by atoms with E-state index in [9.17, 15) is 36.7 Å². The lowest BCUT2D eigenvalue weighted by Crippen LogP contribution is -2.46. The maximum absolute atomic E-state index is 13.7. The number of pyridine rings is 2. The van der Waals surface area contributed by atoms with Crippen LogP contribution in [0.2, 0.25) is 0 Å². The Labute approximate surface area is 277 Å². The number of carbonyl (C=O) groups is 3. The van der Waals surface area contributed by atoms with Crippen molar-refractivity contribution in [1.82, 2.24) is 24.6 Å². The van der Waals surface area contributed by atoms with E-state index in [1.807, 2.05) is 0 Å². The lowest BCUT2D eigenvalue weighted by atomic mass is 10.0. The lowest BCUT2D eigenvalue weighted by molar-refractivity contribution is -0.119. The average molecular weight is 685 g/mol. The molecule has 15 heteroatoms. The molecule has 12 nitrogen and oxygen atoms in total. The molecule has 3 aromatic heterocycles. The first-order chi connectivity index (χ1) is 23.4. The summed E-state index contributed by atoms with van der Waals surface area (Å²) < 4.78 is 54.9. The van der Waals surface area contributed by atoms with Crippen molar-refractivity contribution in [2.24, 2.45) is 5.73 Å². The zero-order valence-corrected chi connectivity index (χ0v) is 26.1. The van der Waals surface area contributed by atoms with Crippen molar-refractivity contribution >= 4 is 49.6 Å². The predicted molar refractivity (Wildman–Crippen MR) is 174 cm³/mol. The number of carbonyl (C=O) groups excluding carboxylic acids is 3. The Bertz CT molecular complexity index is 2360. The van der Waals surface area contributed by atoms with Crippen LogP contribution in [0.15, 0.2) is 102 Å². The number of nitrogens with one attached hydrogen (secondary N) is 2. The number of primary amides is 1. The number of aromatic hydroxyl groups is 1. The van der Waals surface area contributed by atoms with Gasteiger partial charge in [-0.3, -0.25) is 19.4 Å². The second-order valence-corrected chi connectivity index (χ2v) is 12.7. The molecule has 0 unspecified atom stereocenters. The monoisotopic (exact) mass is 684 g/mol. The highest BCUT2D eigenvalue weighted by Gasteiger charge is 2.28. The van der Waals surface area contributed by atoms with Crippen LogP contribution < -0.4 is 16.4 Å². The Hall–Kier alpha value is -6.22. The molecular weight excluding hydrogens is 658 g/mol. The molecule has 1 atom stereocenters. The van der Waals surface area contributed by atoms with Crippen molar-refractivity contribution in [3.05, 3.63) is 131 Å². The molecule has 0 spiro atoms. The highest BCUT2D eigenvalue weighted by molar-refractivity contribution is 7.90. The third kappa shape index (κ3) is 6.51. The van der Waals surface area contributed by atoms with Crippen molar-refractivity contribution in [3.63, 3.8) is 0 Å². The van der Waals surface area contributed by atoms with Crippen molar-refractivity contribution in [2.75, 3.05) is 0 Å². The fourth-order valence-corrected chi connectivity index (χ4v) is 6.68. The highest BCUT2D eigenvalue weighted by atomic mass is 32.2. The van der Waals surface area contributed by atoms with Gasteiger partial charge in [-0.2, -0.15) is 0 Å². The first-order valence-electron chi connectivity index (χ1n) is 14.6. The van der Waals surface area contributed by atoms with Crippen LogP contribution in [-0.4, -0.2) is 51.2 Å². The van der Waals surface area contributed by atoms with Gasteiger partial charge in [-0.1, -0.05) is 30.3 Å². The fourth-order valence-electron chi connectivity index (χ4n) is 5.29. The Kier molecular flexibility index (Phi) is 8.76. The van der Waals surface area contributed by atoms with E-state index >= 15 is 0 Å². The van der Waals surface area contributed by atoms with E-state index in [4.69, 9.17) is 5.73 Å². The summed E-state index contributed by atoms with van der Waals surface area (Å²) >= 11 is 0. The molecule has 0 bridgehead atoms. The van der Waals surface area contributed by atoms with E-state index < -0.39 is 56.9 Å². The van der Waals surface area contributed by atoms with E-state index in [0.29, 0.717) is 16.5 Å². The van der Waals surface area contributed by atoms with Crippen LogP contribution in [-0.2, 0) is 27.8 Å². The third-order valence-electron chi connectivity index (χ3n) is 7.74. The SMILES string of the molecule is NC(=O)[C@H](Cc1cn(S(=O)(=O)c2ccc(F)cc2)c2ccccc12)NC(=O)c1nc(C(=O)NCc2ccc(F)cc2)c(O)c2ncccc12. The maximum Gasteiger partial charge on any atom is 0.274 e. The highest BCUT2D eigenvalue weighted by Crippen LogP contribution is 2.29. The lowest BCUT2D eigenvalue weighted by Gasteiger charge is -2.17. The molecule has 0 aliphatic rings. The maximum atomic E-state index is 13.7. The molecule has 0 radical (unpaired) electrons. The summed E-state index contributed by atoms with van der Waals surface area (Å²) in [6.45, 7) is -0.0454. The van der Waals surface area contributed by atoms with Gasteiger partial charge in [-0.15, -0.1) is 0 Å². The van der Waals surface area contributed by atoms with Gasteiger partial charge in [0.15, 0.2) is 11.4 Å². The van der Waals surface area contributed by atoms with Crippen molar-refractivity contribution < 1.29 is 36.7 Å². The van der Waals surface area contributed by atoms with E-state index in [-0.39, 0.29) is 40.0 Å². The number of benzene rings is 3. The predicted octanol–water partition coefficient (Wildman–Crippen LogP) is 3.56. The standard InChI is InChI=1S/C34H26F2N6O6S/c35-21-9-7-19(8-10-21)17-39-33(45)30-31(43)28-25(5-3-15-38-28)29(41-30)34(46)40-26(32(37)44)16-20-18-42(27-6-2-1-4-24(20)27)49(47,48)23-13-11-22(36)12-14-23/h1-15,18,26,43H,16-17H2,(H2,37,44)(H,39,45)(H,40,46)/t26-/m0/s1. The quantitative estimate of drug-likeness (QED) is 0.169. The third-order valence-corrected chi connectivity index (χ3v) is 9.42. The minimum absolute atomic E-state index is 0.0454. The first-order valence-corrected chi connectivity index (χ1v) is 16.1. The van der Waals surface area contributed by atoms with Crippen molar-refractivity contribution in [3.8, 4) is 5.75 Å². The number of hydrogen-bond acceptors (Lipinski definition) is 8. The number of halogens is 2. The molecule has 5 N–H and O–H groups in total. The van der Waals surface area contributed by atoms with Crippen LogP contribution in [0.25, 0.3) is 21.8 Å². The number of hydrogen-bond donors (Lipinski definition) is 4. The second-order valence-electron chi connectivity index (χ2n) is 10.9. The van der Waals surface area contributed by atoms with Crippen LogP contribution in [0, 0.1) is 11.6 Å². The minimum atomic E-state index is -4.20. The summed E-state index contributed by atoms with van der Waals surface area (Å²) in [5.41, 5.74) is 5.88. The number of fused-ring (bicyclic) bond motifs is 2. The molecule has 0 fully saturated rings. The largest absolute Gasteiger partial charge is 0.504 e. The van der Waals surface area contributed by atoms with Crippen LogP contribution in [0.4, 0.5) is 8.78 Å². The van der Waals surface area contributed by atoms with E-state index in [0.717, 1.165) is 28.2 Å². The summed E-state index contributed by atoms with van der Waals surface area (Å²) in [5.74, 6) is -4.40. The van der Waals surface area contributed by atoms with Gasteiger partial charge >= 0.3 is 0 Å². The second kappa shape index (κ2) is 13.1. The van der Waals surface area contributed by atoms with Gasteiger partial charge in [-0.05, 0) is 65.7 Å². The van der Waals surface area contributed by atoms with Gasteiger partial charge in [0.25, 0.3) is 21.8 Å². The number of amides is 3. The normalized spacial score (nSPS) is 12.1. The molecule has 0 aliphatic heterocycles. The summed E-state index contributed by atoms with van der Waals surface area (Å²) in [5, 5.41) is 16.5. The topological polar surface area (TPSA) is 186 Å². The number of aromatic nitrogens is 3. The average Bonchev–Trinajstić information content (AvgIpc) is 3.47. The number of nitrogens with two attached hydrogens (primary N) is 1. The summed E-state index contributed by atoms with van der Waals surface area (Å²) in [6, 6.07) is 17.7. The molecule has 6 aromatic rings. The molecule has 3 heterocycles. The first kappa shape index (κ1) is 32.7. The summed E-state index contributed by atoms with van der Waals surface area (Å²) in [4.78, 5) is 47.6. The smallest absolute Gasteiger partial charge is 0.274 e. The number of rotatable bonds is 10. The Morgan fingerprint density at radius 3 is 2.20 bits per heavy atom. The van der Waals surface area contributed by atoms with Gasteiger partial charge in [-0.25, -0.2) is 26.2 Å². The molecule has 3 aromatic carbocycles. The minimum Gasteiger partial charge on any atom is -0.504 e. The molecule has 6 rings (SSSR count). The number of nitrogens with zero attached hydrogens (tertiary/aromatic N) is 3. The molecule has 3 amide bonds. The molecule has 248 valence electrons. The molecular formula is C34H26F2N6O6S. The van der Waals surface area contributed by atoms with Gasteiger partial charge in [0.05, 0.1) is 10.4 Å². The van der Waals surface area contributed by atoms with Gasteiger partial charge in [0.1, 0.15) is 28.9 Å². The fraction of sp³-hybridized carbons (Fsp3) is 0.0882. The van der Waals surface area contributed by atoms with Gasteiger partial charge < -0.3 is 21.5 Å². The van der Waals surface area contributed by atoms with Crippen molar-refractivity contribution in [2.45, 2.75) is 23.9 Å². The zero-order chi connectivity index (χ0) is 34.9. The Morgan fingerprint density at radius 1 is 0.857 bits per heavy atom. The van der Waals surface area contributed by atoms with Crippen LogP contribution in [0.5, 0.6) is 5.75 Å². The zero-order valence-electron chi connectivity index (χ0n) is 25.3. The molecule has 0 aliphatic carbocycles. The van der Waals surface area contributed by atoms with E-state index in [1.54, 1.807) is 24.3 Å². The van der Waals surface area contributed by atoms with Crippen LogP contribution in [0.3, 0.4) is 0 Å².